The molecule has 0 aromatic rings. The van der Waals surface area contributed by atoms with E-state index in [9.17, 15) is 0 Å². The van der Waals surface area contributed by atoms with Gasteiger partial charge < -0.3 is 0 Å². The van der Waals surface area contributed by atoms with Crippen LogP contribution in [0.4, 0.5) is 0 Å². The third kappa shape index (κ3) is 3.83. The van der Waals surface area contributed by atoms with Crippen molar-refractivity contribution in [3.05, 3.63) is 34.4 Å². The van der Waals surface area contributed by atoms with Crippen molar-refractivity contribution >= 4 is 0 Å². The molecule has 0 aromatic carbocycles. The molecule has 4 atom stereocenters. The molecule has 0 radical (unpaired) electrons. The standard InChI is InChI=1S/C25H40/c1-17(2)21-14-16-25(6)15-13-18(3)7-10-22-19(4)8-11-23(22)20(5)9-12-24(21)25/h9,13,17,19,21,24H,7-8,10-12,14-16H2,1-6H3/t19-,21?,24?,25+/m1/s1. The molecule has 1 saturated carbocycles. The molecule has 0 heterocycles. The zero-order valence-corrected chi connectivity index (χ0v) is 17.6. The Labute approximate surface area is 156 Å². The van der Waals surface area contributed by atoms with Crippen molar-refractivity contribution in [3.63, 3.8) is 0 Å². The summed E-state index contributed by atoms with van der Waals surface area (Å²) in [5, 5.41) is 0. The molecule has 25 heavy (non-hydrogen) atoms. The summed E-state index contributed by atoms with van der Waals surface area (Å²) in [6.45, 7) is 14.7. The summed E-state index contributed by atoms with van der Waals surface area (Å²) in [6.07, 6.45) is 15.9. The number of rotatable bonds is 1. The molecule has 3 aliphatic carbocycles. The Balaban J connectivity index is 1.96. The normalized spacial score (nSPS) is 37.2. The average molecular weight is 341 g/mol. The van der Waals surface area contributed by atoms with Gasteiger partial charge in [-0.05, 0) is 99.9 Å². The molecular weight excluding hydrogens is 300 g/mol. The van der Waals surface area contributed by atoms with Crippen LogP contribution >= 0.6 is 0 Å². The lowest BCUT2D eigenvalue weighted by molar-refractivity contribution is 0.170. The summed E-state index contributed by atoms with van der Waals surface area (Å²) in [5.41, 5.74) is 7.24. The number of fused-ring (bicyclic) bond motifs is 1. The van der Waals surface area contributed by atoms with Gasteiger partial charge in [0, 0.05) is 0 Å². The third-order valence-electron chi connectivity index (χ3n) is 7.99. The molecular formula is C25H40. The van der Waals surface area contributed by atoms with Crippen molar-refractivity contribution in [3.8, 4) is 0 Å². The first-order valence-corrected chi connectivity index (χ1v) is 10.9. The van der Waals surface area contributed by atoms with Gasteiger partial charge in [0.1, 0.15) is 0 Å². The van der Waals surface area contributed by atoms with E-state index >= 15 is 0 Å². The second kappa shape index (κ2) is 7.45. The van der Waals surface area contributed by atoms with Crippen LogP contribution in [-0.2, 0) is 0 Å². The highest BCUT2D eigenvalue weighted by molar-refractivity contribution is 5.38. The summed E-state index contributed by atoms with van der Waals surface area (Å²) in [6, 6.07) is 0. The van der Waals surface area contributed by atoms with E-state index in [1.54, 1.807) is 22.3 Å². The smallest absolute Gasteiger partial charge is 0.0222 e. The lowest BCUT2D eigenvalue weighted by atomic mass is 9.70. The van der Waals surface area contributed by atoms with Crippen LogP contribution in [0.2, 0.25) is 0 Å². The number of hydrogen-bond donors (Lipinski definition) is 0. The van der Waals surface area contributed by atoms with Crippen molar-refractivity contribution in [2.24, 2.45) is 29.1 Å². The van der Waals surface area contributed by atoms with Gasteiger partial charge in [-0.25, -0.2) is 0 Å². The zero-order chi connectivity index (χ0) is 18.2. The van der Waals surface area contributed by atoms with Gasteiger partial charge >= 0.3 is 0 Å². The van der Waals surface area contributed by atoms with Gasteiger partial charge in [-0.3, -0.25) is 0 Å². The van der Waals surface area contributed by atoms with E-state index in [1.807, 2.05) is 0 Å². The fourth-order valence-electron chi connectivity index (χ4n) is 6.02. The SMILES string of the molecule is CC1=CC[C@@]2(C)CCC(C(C)C)C2CC=C(C)C2=C(CC1)[C@H](C)CC2. The monoisotopic (exact) mass is 340 g/mol. The second-order valence-electron chi connectivity index (χ2n) is 10.0. The fraction of sp³-hybridized carbons (Fsp3) is 0.760. The van der Waals surface area contributed by atoms with Gasteiger partial charge in [0.2, 0.25) is 0 Å². The minimum absolute atomic E-state index is 0.506. The minimum Gasteiger partial charge on any atom is -0.0850 e. The highest BCUT2D eigenvalue weighted by atomic mass is 14.5. The van der Waals surface area contributed by atoms with Gasteiger partial charge in [0.25, 0.3) is 0 Å². The second-order valence-corrected chi connectivity index (χ2v) is 10.0. The van der Waals surface area contributed by atoms with Crippen molar-refractivity contribution in [1.29, 1.82) is 0 Å². The Bertz CT molecular complexity index is 585. The molecule has 0 aromatic heterocycles. The van der Waals surface area contributed by atoms with E-state index in [0.717, 1.165) is 23.7 Å². The number of allylic oxidation sites excluding steroid dienone is 6. The Hall–Kier alpha value is -0.780. The first-order valence-electron chi connectivity index (χ1n) is 10.9. The Kier molecular flexibility index (Phi) is 5.66. The van der Waals surface area contributed by atoms with E-state index < -0.39 is 0 Å². The van der Waals surface area contributed by atoms with Gasteiger partial charge in [-0.15, -0.1) is 0 Å². The maximum absolute atomic E-state index is 2.63. The lowest BCUT2D eigenvalue weighted by Crippen LogP contribution is -2.27. The maximum atomic E-state index is 2.63. The molecule has 2 unspecified atom stereocenters. The predicted octanol–water partition coefficient (Wildman–Crippen LogP) is 7.87. The molecule has 0 heteroatoms. The van der Waals surface area contributed by atoms with Crippen molar-refractivity contribution in [1.82, 2.24) is 0 Å². The summed E-state index contributed by atoms with van der Waals surface area (Å²) in [4.78, 5) is 0. The highest BCUT2D eigenvalue weighted by Gasteiger charge is 2.44. The van der Waals surface area contributed by atoms with Crippen molar-refractivity contribution in [2.75, 3.05) is 0 Å². The third-order valence-corrected chi connectivity index (χ3v) is 7.99. The van der Waals surface area contributed by atoms with Crippen LogP contribution in [0.3, 0.4) is 0 Å². The minimum atomic E-state index is 0.506. The van der Waals surface area contributed by atoms with E-state index in [2.05, 4.69) is 53.7 Å². The molecule has 0 aliphatic heterocycles. The van der Waals surface area contributed by atoms with Crippen molar-refractivity contribution < 1.29 is 0 Å². The molecule has 0 spiro atoms. The topological polar surface area (TPSA) is 0 Å². The summed E-state index contributed by atoms with van der Waals surface area (Å²) >= 11 is 0. The van der Waals surface area contributed by atoms with E-state index in [4.69, 9.17) is 0 Å². The molecule has 1 fully saturated rings. The summed E-state index contributed by atoms with van der Waals surface area (Å²) < 4.78 is 0. The summed E-state index contributed by atoms with van der Waals surface area (Å²) in [7, 11) is 0. The largest absolute Gasteiger partial charge is 0.0850 e. The molecule has 0 bridgehead atoms. The van der Waals surface area contributed by atoms with Crippen LogP contribution in [0.15, 0.2) is 34.4 Å². The van der Waals surface area contributed by atoms with Crippen LogP contribution in [-0.4, -0.2) is 0 Å². The first kappa shape index (κ1) is 19.0. The highest BCUT2D eigenvalue weighted by Crippen LogP contribution is 2.54. The fourth-order valence-corrected chi connectivity index (χ4v) is 6.02. The molecule has 140 valence electrons. The molecule has 0 amide bonds. The molecule has 0 nitrogen and oxygen atoms in total. The van der Waals surface area contributed by atoms with Gasteiger partial charge in [0.05, 0.1) is 0 Å². The van der Waals surface area contributed by atoms with Gasteiger partial charge in [0.15, 0.2) is 0 Å². The van der Waals surface area contributed by atoms with Gasteiger partial charge in [-0.2, -0.15) is 0 Å². The van der Waals surface area contributed by atoms with Crippen LogP contribution < -0.4 is 0 Å². The Morgan fingerprint density at radius 2 is 1.80 bits per heavy atom. The Morgan fingerprint density at radius 3 is 2.52 bits per heavy atom. The quantitative estimate of drug-likeness (QED) is 0.426. The van der Waals surface area contributed by atoms with E-state index in [0.29, 0.717) is 5.41 Å². The zero-order valence-electron chi connectivity index (χ0n) is 17.6. The van der Waals surface area contributed by atoms with E-state index in [1.165, 1.54) is 51.4 Å². The first-order chi connectivity index (χ1) is 11.8. The molecule has 0 saturated heterocycles. The number of hydrogen-bond acceptors (Lipinski definition) is 0. The molecule has 3 rings (SSSR count). The van der Waals surface area contributed by atoms with Gasteiger partial charge in [-0.1, -0.05) is 56.6 Å². The maximum Gasteiger partial charge on any atom is -0.0222 e. The average Bonchev–Trinajstić information content (AvgIpc) is 3.09. The van der Waals surface area contributed by atoms with E-state index in [-0.39, 0.29) is 0 Å². The lowest BCUT2D eigenvalue weighted by Gasteiger charge is -2.35. The van der Waals surface area contributed by atoms with Crippen LogP contribution in [0.25, 0.3) is 0 Å². The van der Waals surface area contributed by atoms with Crippen molar-refractivity contribution in [2.45, 2.75) is 92.9 Å². The summed E-state index contributed by atoms with van der Waals surface area (Å²) in [5.74, 6) is 3.38. The molecule has 3 aliphatic rings. The van der Waals surface area contributed by atoms with Crippen LogP contribution in [0.5, 0.6) is 0 Å². The Morgan fingerprint density at radius 1 is 1.04 bits per heavy atom. The molecule has 0 N–H and O–H groups in total. The van der Waals surface area contributed by atoms with Crippen LogP contribution in [0, 0.1) is 29.1 Å². The predicted molar refractivity (Wildman–Crippen MR) is 111 cm³/mol. The van der Waals surface area contributed by atoms with Crippen LogP contribution in [0.1, 0.15) is 92.9 Å².